The van der Waals surface area contributed by atoms with Crippen LogP contribution in [0.4, 0.5) is 0 Å². The van der Waals surface area contributed by atoms with Crippen LogP contribution in [0.2, 0.25) is 0 Å². The van der Waals surface area contributed by atoms with Crippen molar-refractivity contribution in [1.29, 1.82) is 0 Å². The highest BCUT2D eigenvalue weighted by molar-refractivity contribution is 6.08. The van der Waals surface area contributed by atoms with Crippen LogP contribution in [0.5, 0.6) is 0 Å². The lowest BCUT2D eigenvalue weighted by Crippen LogP contribution is -2.57. The molecule has 2 aliphatic heterocycles. The Labute approximate surface area is 232 Å². The molecule has 2 heterocycles. The van der Waals surface area contributed by atoms with Crippen LogP contribution in [0, 0.1) is 0 Å². The molecule has 1 aromatic carbocycles. The first-order valence-corrected chi connectivity index (χ1v) is 13.6. The Morgan fingerprint density at radius 1 is 1.05 bits per heavy atom. The van der Waals surface area contributed by atoms with Gasteiger partial charge in [-0.1, -0.05) is 30.3 Å². The van der Waals surface area contributed by atoms with Gasteiger partial charge in [-0.25, -0.2) is 4.79 Å². The first-order valence-electron chi connectivity index (χ1n) is 13.6. The number of rotatable bonds is 14. The Hall–Kier alpha value is -3.84. The van der Waals surface area contributed by atoms with Gasteiger partial charge in [0, 0.05) is 25.9 Å². The van der Waals surface area contributed by atoms with E-state index in [4.69, 9.17) is 5.73 Å². The molecule has 0 aliphatic carbocycles. The number of benzene rings is 1. The summed E-state index contributed by atoms with van der Waals surface area (Å²) in [4.78, 5) is 76.6. The van der Waals surface area contributed by atoms with Crippen molar-refractivity contribution in [3.05, 3.63) is 35.9 Å². The lowest BCUT2D eigenvalue weighted by Gasteiger charge is -2.25. The van der Waals surface area contributed by atoms with E-state index in [1.165, 1.54) is 4.90 Å². The maximum Gasteiger partial charge on any atom is 0.326 e. The van der Waals surface area contributed by atoms with Crippen molar-refractivity contribution in [2.75, 3.05) is 26.2 Å². The summed E-state index contributed by atoms with van der Waals surface area (Å²) in [7, 11) is 0. The van der Waals surface area contributed by atoms with Gasteiger partial charge in [0.05, 0.1) is 6.54 Å². The highest BCUT2D eigenvalue weighted by atomic mass is 16.4. The second-order valence-corrected chi connectivity index (χ2v) is 10.0. The molecule has 0 saturated carbocycles. The molecule has 4 amide bonds. The predicted octanol–water partition coefficient (Wildman–Crippen LogP) is -1.55. The molecule has 2 saturated heterocycles. The van der Waals surface area contributed by atoms with E-state index in [-0.39, 0.29) is 25.0 Å². The van der Waals surface area contributed by atoms with Crippen LogP contribution >= 0.6 is 0 Å². The monoisotopic (exact) mass is 558 g/mol. The fourth-order valence-electron chi connectivity index (χ4n) is 4.89. The number of hydrogen-bond acceptors (Lipinski definition) is 8. The topological polar surface area (TPSA) is 200 Å². The van der Waals surface area contributed by atoms with Crippen molar-refractivity contribution in [3.8, 4) is 0 Å². The van der Waals surface area contributed by atoms with Crippen LogP contribution in [-0.2, 0) is 35.2 Å². The largest absolute Gasteiger partial charge is 0.480 e. The summed E-state index contributed by atoms with van der Waals surface area (Å²) >= 11 is 0. The summed E-state index contributed by atoms with van der Waals surface area (Å²) in [6.45, 7) is 0.649. The van der Waals surface area contributed by atoms with Crippen molar-refractivity contribution >= 4 is 35.4 Å². The third-order valence-corrected chi connectivity index (χ3v) is 7.07. The number of Topliss-reactive ketones (excluding diaryl/α,β-unsaturated/α-hetero) is 1. The number of nitrogens with one attached hydrogen (secondary N) is 4. The summed E-state index contributed by atoms with van der Waals surface area (Å²) in [5.74, 6) is -3.72. The Morgan fingerprint density at radius 2 is 1.80 bits per heavy atom. The highest BCUT2D eigenvalue weighted by Crippen LogP contribution is 2.17. The zero-order valence-electron chi connectivity index (χ0n) is 22.4. The van der Waals surface area contributed by atoms with Gasteiger partial charge in [0.2, 0.25) is 23.6 Å². The number of carboxylic acids is 1. The molecule has 3 rings (SSSR count). The number of hydrogen-bond donors (Lipinski definition) is 6. The summed E-state index contributed by atoms with van der Waals surface area (Å²) in [5.41, 5.74) is 6.34. The summed E-state index contributed by atoms with van der Waals surface area (Å²) in [5, 5.41) is 20.0. The van der Waals surface area contributed by atoms with E-state index in [1.807, 2.05) is 6.07 Å². The molecule has 2 aliphatic rings. The molecule has 218 valence electrons. The van der Waals surface area contributed by atoms with E-state index in [0.717, 1.165) is 5.56 Å². The van der Waals surface area contributed by atoms with Crippen LogP contribution in [0.1, 0.15) is 44.1 Å². The molecule has 0 radical (unpaired) electrons. The number of carbonyl (C=O) groups is 6. The maximum absolute atomic E-state index is 13.4. The van der Waals surface area contributed by atoms with Crippen molar-refractivity contribution in [2.24, 2.45) is 5.73 Å². The van der Waals surface area contributed by atoms with E-state index in [1.54, 1.807) is 24.3 Å². The quantitative estimate of drug-likeness (QED) is 0.116. The Balaban J connectivity index is 1.70. The minimum absolute atomic E-state index is 0.111. The normalized spacial score (nSPS) is 20.0. The van der Waals surface area contributed by atoms with Crippen LogP contribution in [0.25, 0.3) is 0 Å². The molecular formula is C27H38N6O7. The van der Waals surface area contributed by atoms with E-state index in [9.17, 15) is 33.9 Å². The Kier molecular flexibility index (Phi) is 11.6. The van der Waals surface area contributed by atoms with E-state index in [0.29, 0.717) is 45.3 Å². The molecule has 13 heteroatoms. The van der Waals surface area contributed by atoms with Crippen LogP contribution in [-0.4, -0.2) is 95.7 Å². The molecule has 2 fully saturated rings. The zero-order chi connectivity index (χ0) is 29.1. The lowest BCUT2D eigenvalue weighted by atomic mass is 10.0. The average molecular weight is 559 g/mol. The van der Waals surface area contributed by atoms with Gasteiger partial charge in [0.15, 0.2) is 5.78 Å². The van der Waals surface area contributed by atoms with Gasteiger partial charge < -0.3 is 31.7 Å². The molecule has 4 atom stereocenters. The van der Waals surface area contributed by atoms with Gasteiger partial charge in [-0.3, -0.25) is 29.3 Å². The standard InChI is InChI=1S/C27H38N6O7/c28-12-5-4-9-18(31-26(38)23-21(34)11-13-29-23)25(37)32-19(15-17-7-2-1-3-8-17)24(36)30-16-22(35)33-14-6-10-20(33)27(39)40/h1-3,7-8,18-20,23,29H,4-6,9-16,28H2,(H,30,36)(H,31,38)(H,32,37)(H,39,40)/t18-,19-,20+,23+/m0/s1. The first-order chi connectivity index (χ1) is 19.2. The maximum atomic E-state index is 13.4. The lowest BCUT2D eigenvalue weighted by molar-refractivity contribution is -0.148. The van der Waals surface area contributed by atoms with Crippen molar-refractivity contribution in [1.82, 2.24) is 26.2 Å². The molecule has 1 aromatic rings. The number of likely N-dealkylation sites (tertiary alicyclic amines) is 1. The van der Waals surface area contributed by atoms with Crippen LogP contribution < -0.4 is 27.0 Å². The highest BCUT2D eigenvalue weighted by Gasteiger charge is 2.35. The number of nitrogens with zero attached hydrogens (tertiary/aromatic N) is 1. The van der Waals surface area contributed by atoms with Gasteiger partial charge in [-0.2, -0.15) is 0 Å². The number of carboxylic acid groups (broad SMARTS) is 1. The van der Waals surface area contributed by atoms with Crippen molar-refractivity contribution in [3.63, 3.8) is 0 Å². The summed E-state index contributed by atoms with van der Waals surface area (Å²) in [6.07, 6.45) is 2.64. The third-order valence-electron chi connectivity index (χ3n) is 7.07. The second-order valence-electron chi connectivity index (χ2n) is 10.0. The number of nitrogens with two attached hydrogens (primary N) is 1. The van der Waals surface area contributed by atoms with Crippen LogP contribution in [0.3, 0.4) is 0 Å². The minimum Gasteiger partial charge on any atom is -0.480 e. The molecule has 0 bridgehead atoms. The molecule has 0 unspecified atom stereocenters. The minimum atomic E-state index is -1.09. The van der Waals surface area contributed by atoms with Gasteiger partial charge in [-0.15, -0.1) is 0 Å². The SMILES string of the molecule is NCCCC[C@H](NC(=O)[C@@H]1NCCC1=O)C(=O)N[C@@H](Cc1ccccc1)C(=O)NCC(=O)N1CCC[C@@H]1C(=O)O. The summed E-state index contributed by atoms with van der Waals surface area (Å²) in [6, 6.07) is 4.91. The van der Waals surface area contributed by atoms with Crippen molar-refractivity contribution < 1.29 is 33.9 Å². The van der Waals surface area contributed by atoms with Gasteiger partial charge in [0.25, 0.3) is 0 Å². The molecular weight excluding hydrogens is 520 g/mol. The fraction of sp³-hybridized carbons (Fsp3) is 0.556. The fourth-order valence-corrected chi connectivity index (χ4v) is 4.89. The van der Waals surface area contributed by atoms with Gasteiger partial charge in [0.1, 0.15) is 24.2 Å². The number of unbranched alkanes of at least 4 members (excludes halogenated alkanes) is 1. The first kappa shape index (κ1) is 30.7. The third kappa shape index (κ3) is 8.58. The smallest absolute Gasteiger partial charge is 0.326 e. The van der Waals surface area contributed by atoms with Gasteiger partial charge >= 0.3 is 5.97 Å². The van der Waals surface area contributed by atoms with Crippen LogP contribution in [0.15, 0.2) is 30.3 Å². The van der Waals surface area contributed by atoms with E-state index in [2.05, 4.69) is 21.3 Å². The van der Waals surface area contributed by atoms with Crippen molar-refractivity contribution in [2.45, 2.75) is 69.1 Å². The van der Waals surface area contributed by atoms with Gasteiger partial charge in [-0.05, 0) is 44.2 Å². The second kappa shape index (κ2) is 15.1. The average Bonchev–Trinajstić information content (AvgIpc) is 3.61. The zero-order valence-corrected chi connectivity index (χ0v) is 22.4. The number of aliphatic carboxylic acids is 1. The number of carbonyl (C=O) groups excluding carboxylic acids is 5. The molecule has 40 heavy (non-hydrogen) atoms. The predicted molar refractivity (Wildman–Crippen MR) is 144 cm³/mol. The molecule has 0 aromatic heterocycles. The number of amides is 4. The molecule has 7 N–H and O–H groups in total. The molecule has 13 nitrogen and oxygen atoms in total. The van der Waals surface area contributed by atoms with E-state index < -0.39 is 60.3 Å². The van der Waals surface area contributed by atoms with E-state index >= 15 is 0 Å². The Morgan fingerprint density at radius 3 is 2.45 bits per heavy atom. The Bertz CT molecular complexity index is 1080. The summed E-state index contributed by atoms with van der Waals surface area (Å²) < 4.78 is 0. The number of ketones is 1. The molecule has 0 spiro atoms.